The smallest absolute Gasteiger partial charge is 0.337 e. The second-order valence-corrected chi connectivity index (χ2v) is 3.05. The largest absolute Gasteiger partial charge is 0.479 e. The molecule has 1 unspecified atom stereocenters. The van der Waals surface area contributed by atoms with E-state index >= 15 is 0 Å². The molecule has 1 atom stereocenters. The highest BCUT2D eigenvalue weighted by Gasteiger charge is 2.27. The fourth-order valence-electron chi connectivity index (χ4n) is 1.20. The number of aliphatic hydroxyl groups is 1. The van der Waals surface area contributed by atoms with Crippen LogP contribution < -0.4 is 0 Å². The van der Waals surface area contributed by atoms with Crippen LogP contribution in [0.1, 0.15) is 22.0 Å². The van der Waals surface area contributed by atoms with Gasteiger partial charge >= 0.3 is 5.97 Å². The predicted octanol–water partition coefficient (Wildman–Crippen LogP) is 0.664. The highest BCUT2D eigenvalue weighted by molar-refractivity contribution is 5.80. The Kier molecular flexibility index (Phi) is 3.49. The minimum Gasteiger partial charge on any atom is -0.479 e. The van der Waals surface area contributed by atoms with Crippen LogP contribution in [0.3, 0.4) is 0 Å². The minimum atomic E-state index is -2.20. The minimum absolute atomic E-state index is 0.0666. The maximum Gasteiger partial charge on any atom is 0.337 e. The highest BCUT2D eigenvalue weighted by atomic mass is 19.1. The number of aliphatic hydroxyl groups excluding tert-OH is 1. The molecular weight excluding hydrogens is 237 g/mol. The van der Waals surface area contributed by atoms with Gasteiger partial charge in [0.25, 0.3) is 5.69 Å². The van der Waals surface area contributed by atoms with Crippen molar-refractivity contribution in [3.05, 3.63) is 39.2 Å². The first-order valence-electron chi connectivity index (χ1n) is 4.22. The molecule has 8 heteroatoms. The van der Waals surface area contributed by atoms with Gasteiger partial charge in [-0.15, -0.1) is 0 Å². The summed E-state index contributed by atoms with van der Waals surface area (Å²) in [6, 6.07) is 1.03. The van der Waals surface area contributed by atoms with E-state index in [1.165, 1.54) is 0 Å². The summed E-state index contributed by atoms with van der Waals surface area (Å²) in [5.41, 5.74) is -2.11. The maximum absolute atomic E-state index is 13.1. The van der Waals surface area contributed by atoms with E-state index in [9.17, 15) is 29.2 Å². The van der Waals surface area contributed by atoms with Gasteiger partial charge in [0.15, 0.2) is 12.4 Å². The van der Waals surface area contributed by atoms with Crippen LogP contribution in [-0.4, -0.2) is 27.4 Å². The third-order valence-electron chi connectivity index (χ3n) is 2.00. The van der Waals surface area contributed by atoms with E-state index in [0.717, 1.165) is 0 Å². The van der Waals surface area contributed by atoms with Crippen LogP contribution in [0.4, 0.5) is 10.1 Å². The number of carbonyl (C=O) groups excluding carboxylic acids is 1. The predicted molar refractivity (Wildman–Crippen MR) is 51.0 cm³/mol. The number of halogens is 1. The van der Waals surface area contributed by atoms with Crippen molar-refractivity contribution in [1.82, 2.24) is 0 Å². The van der Waals surface area contributed by atoms with Gasteiger partial charge in [-0.3, -0.25) is 14.9 Å². The lowest BCUT2D eigenvalue weighted by atomic mass is 10.0. The summed E-state index contributed by atoms with van der Waals surface area (Å²) in [5, 5.41) is 28.3. The lowest BCUT2D eigenvalue weighted by Gasteiger charge is -2.07. The van der Waals surface area contributed by atoms with Crippen molar-refractivity contribution in [2.24, 2.45) is 0 Å². The van der Waals surface area contributed by atoms with Gasteiger partial charge < -0.3 is 10.2 Å². The number of aliphatic carboxylic acids is 1. The molecule has 0 aliphatic carbocycles. The molecule has 0 radical (unpaired) electrons. The molecule has 0 saturated carbocycles. The number of rotatable bonds is 4. The molecule has 17 heavy (non-hydrogen) atoms. The maximum atomic E-state index is 13.1. The summed E-state index contributed by atoms with van der Waals surface area (Å²) in [4.78, 5) is 30.4. The van der Waals surface area contributed by atoms with Crippen molar-refractivity contribution >= 4 is 17.9 Å². The number of aldehydes is 1. The Morgan fingerprint density at radius 2 is 2.12 bits per heavy atom. The van der Waals surface area contributed by atoms with Gasteiger partial charge in [0.2, 0.25) is 0 Å². The van der Waals surface area contributed by atoms with Crippen LogP contribution >= 0.6 is 0 Å². The molecule has 2 N–H and O–H groups in total. The third-order valence-corrected chi connectivity index (χ3v) is 2.00. The van der Waals surface area contributed by atoms with Crippen molar-refractivity contribution in [2.75, 3.05) is 0 Å². The van der Waals surface area contributed by atoms with E-state index in [2.05, 4.69) is 0 Å². The zero-order valence-corrected chi connectivity index (χ0v) is 8.16. The van der Waals surface area contributed by atoms with E-state index in [0.29, 0.717) is 12.1 Å². The number of benzene rings is 1. The number of hydrogen-bond acceptors (Lipinski definition) is 5. The van der Waals surface area contributed by atoms with Crippen LogP contribution in [-0.2, 0) is 4.79 Å². The molecule has 0 spiro atoms. The van der Waals surface area contributed by atoms with Crippen LogP contribution in [0.5, 0.6) is 0 Å². The third kappa shape index (κ3) is 2.42. The summed E-state index contributed by atoms with van der Waals surface area (Å²) < 4.78 is 13.1. The van der Waals surface area contributed by atoms with Crippen molar-refractivity contribution < 1.29 is 29.1 Å². The number of carboxylic acid groups (broad SMARTS) is 1. The molecule has 7 nitrogen and oxygen atoms in total. The molecular formula is C9H6FNO6. The molecule has 0 fully saturated rings. The first kappa shape index (κ1) is 12.7. The van der Waals surface area contributed by atoms with Gasteiger partial charge in [0.1, 0.15) is 5.82 Å². The van der Waals surface area contributed by atoms with Crippen molar-refractivity contribution in [1.29, 1.82) is 0 Å². The molecule has 0 amide bonds. The average molecular weight is 243 g/mol. The molecule has 0 bridgehead atoms. The lowest BCUT2D eigenvalue weighted by molar-refractivity contribution is -0.386. The van der Waals surface area contributed by atoms with Crippen LogP contribution in [0, 0.1) is 15.9 Å². The Morgan fingerprint density at radius 1 is 1.53 bits per heavy atom. The van der Waals surface area contributed by atoms with Crippen LogP contribution in [0.15, 0.2) is 12.1 Å². The molecule has 0 aliphatic heterocycles. The normalized spacial score (nSPS) is 11.9. The molecule has 1 rings (SSSR count). The van der Waals surface area contributed by atoms with Crippen molar-refractivity contribution in [3.63, 3.8) is 0 Å². The Balaban J connectivity index is 3.49. The summed E-state index contributed by atoms with van der Waals surface area (Å²) in [7, 11) is 0. The standard InChI is InChI=1S/C9H6FNO6/c10-6-2-7(11(16)17)5(1-4(6)3-12)8(13)9(14)15/h1-3,8,13H,(H,14,15). The number of nitrogens with zero attached hydrogens (tertiary/aromatic N) is 1. The molecule has 90 valence electrons. The van der Waals surface area contributed by atoms with E-state index < -0.39 is 39.6 Å². The van der Waals surface area contributed by atoms with Crippen molar-refractivity contribution in [2.45, 2.75) is 6.10 Å². The fourth-order valence-corrected chi connectivity index (χ4v) is 1.20. The van der Waals surface area contributed by atoms with Gasteiger partial charge in [-0.2, -0.15) is 0 Å². The summed E-state index contributed by atoms with van der Waals surface area (Å²) in [6.45, 7) is 0. The summed E-state index contributed by atoms with van der Waals surface area (Å²) >= 11 is 0. The van der Waals surface area contributed by atoms with Gasteiger partial charge in [-0.25, -0.2) is 9.18 Å². The van der Waals surface area contributed by atoms with E-state index in [1.807, 2.05) is 0 Å². The quantitative estimate of drug-likeness (QED) is 0.455. The molecule has 1 aromatic rings. The number of nitro benzene ring substituents is 1. The monoisotopic (exact) mass is 243 g/mol. The van der Waals surface area contributed by atoms with Crippen molar-refractivity contribution in [3.8, 4) is 0 Å². The van der Waals surface area contributed by atoms with Gasteiger partial charge in [-0.1, -0.05) is 0 Å². The van der Waals surface area contributed by atoms with Crippen LogP contribution in [0.2, 0.25) is 0 Å². The summed E-state index contributed by atoms with van der Waals surface area (Å²) in [5.74, 6) is -2.90. The zero-order chi connectivity index (χ0) is 13.2. The Hall–Kier alpha value is -2.35. The second kappa shape index (κ2) is 4.66. The Bertz CT molecular complexity index is 501. The molecule has 0 heterocycles. The first-order valence-corrected chi connectivity index (χ1v) is 4.22. The average Bonchev–Trinajstić information content (AvgIpc) is 2.27. The van der Waals surface area contributed by atoms with E-state index in [-0.39, 0.29) is 6.29 Å². The lowest BCUT2D eigenvalue weighted by Crippen LogP contribution is -2.13. The molecule has 0 aliphatic rings. The number of carboxylic acids is 1. The molecule has 0 saturated heterocycles. The second-order valence-electron chi connectivity index (χ2n) is 3.05. The number of hydrogen-bond donors (Lipinski definition) is 2. The number of carbonyl (C=O) groups is 2. The SMILES string of the molecule is O=Cc1cc(C(O)C(=O)O)c([N+](=O)[O-])cc1F. The Labute approximate surface area is 93.3 Å². The highest BCUT2D eigenvalue weighted by Crippen LogP contribution is 2.27. The van der Waals surface area contributed by atoms with Gasteiger partial charge in [-0.05, 0) is 6.07 Å². The molecule has 1 aromatic carbocycles. The van der Waals surface area contributed by atoms with Gasteiger partial charge in [0, 0.05) is 0 Å². The first-order chi connectivity index (χ1) is 7.88. The van der Waals surface area contributed by atoms with E-state index in [1.54, 1.807) is 0 Å². The van der Waals surface area contributed by atoms with Crippen LogP contribution in [0.25, 0.3) is 0 Å². The van der Waals surface area contributed by atoms with Gasteiger partial charge in [0.05, 0.1) is 22.1 Å². The zero-order valence-electron chi connectivity index (χ0n) is 8.16. The number of nitro groups is 1. The fraction of sp³-hybridized carbons (Fsp3) is 0.111. The summed E-state index contributed by atoms with van der Waals surface area (Å²) in [6.07, 6.45) is -2.13. The Morgan fingerprint density at radius 3 is 2.53 bits per heavy atom. The topological polar surface area (TPSA) is 118 Å². The van der Waals surface area contributed by atoms with E-state index in [4.69, 9.17) is 5.11 Å². The molecule has 0 aromatic heterocycles.